The molecule has 0 radical (unpaired) electrons. The van der Waals surface area contributed by atoms with E-state index >= 15 is 0 Å². The van der Waals surface area contributed by atoms with Crippen LogP contribution in [0.3, 0.4) is 0 Å². The molecule has 1 heterocycles. The molecule has 1 aromatic rings. The Morgan fingerprint density at radius 1 is 1.53 bits per heavy atom. The van der Waals surface area contributed by atoms with Gasteiger partial charge in [0.25, 0.3) is 0 Å². The quantitative estimate of drug-likeness (QED) is 0.689. The molecule has 0 atom stereocenters. The number of hydrogen-bond acceptors (Lipinski definition) is 2. The molecule has 80 valence electrons. The van der Waals surface area contributed by atoms with Crippen molar-refractivity contribution >= 4 is 0 Å². The second-order valence-corrected chi connectivity index (χ2v) is 3.64. The van der Waals surface area contributed by atoms with Crippen molar-refractivity contribution in [1.82, 2.24) is 14.8 Å². The summed E-state index contributed by atoms with van der Waals surface area (Å²) in [6.07, 6.45) is 7.22. The topological polar surface area (TPSA) is 30.7 Å². The number of nitrogens with zero attached hydrogens (tertiary/aromatic N) is 3. The van der Waals surface area contributed by atoms with Gasteiger partial charge in [-0.15, -0.1) is 0 Å². The van der Waals surface area contributed by atoms with Crippen molar-refractivity contribution in [1.29, 1.82) is 0 Å². The van der Waals surface area contributed by atoms with Gasteiger partial charge in [-0.05, 0) is 5.57 Å². The Kier molecular flexibility index (Phi) is 4.03. The lowest BCUT2D eigenvalue weighted by Gasteiger charge is -2.01. The molecule has 0 aliphatic rings. The van der Waals surface area contributed by atoms with Gasteiger partial charge in [-0.25, -0.2) is 9.67 Å². The normalized spacial score (nSPS) is 11.8. The van der Waals surface area contributed by atoms with Crippen LogP contribution < -0.4 is 0 Å². The molecule has 0 aromatic carbocycles. The Morgan fingerprint density at radius 3 is 2.73 bits per heavy atom. The smallest absolute Gasteiger partial charge is 0.153 e. The molecule has 0 aliphatic heterocycles. The third-order valence-corrected chi connectivity index (χ3v) is 2.01. The Morgan fingerprint density at radius 2 is 2.27 bits per heavy atom. The molecule has 0 amide bonds. The van der Waals surface area contributed by atoms with Crippen LogP contribution in [0.25, 0.3) is 0 Å². The summed E-state index contributed by atoms with van der Waals surface area (Å²) in [6, 6.07) is 0. The fourth-order valence-electron chi connectivity index (χ4n) is 1.17. The molecule has 3 heteroatoms. The number of allylic oxidation sites excluding steroid dienone is 4. The first kappa shape index (κ1) is 11.4. The maximum atomic E-state index is 4.36. The van der Waals surface area contributed by atoms with Gasteiger partial charge in [0.1, 0.15) is 6.33 Å². The number of aromatic nitrogens is 3. The van der Waals surface area contributed by atoms with E-state index in [0.717, 1.165) is 11.4 Å². The van der Waals surface area contributed by atoms with Crippen LogP contribution >= 0.6 is 0 Å². The molecule has 1 rings (SSSR count). The Labute approximate surface area is 90.8 Å². The fourth-order valence-corrected chi connectivity index (χ4v) is 1.17. The predicted octanol–water partition coefficient (Wildman–Crippen LogP) is 2.70. The van der Waals surface area contributed by atoms with Gasteiger partial charge < -0.3 is 0 Å². The molecule has 15 heavy (non-hydrogen) atoms. The SMILES string of the molecule is C=C/C=C(\C=C)Cn1cnc(C(C)C)n1. The molecule has 0 bridgehead atoms. The zero-order chi connectivity index (χ0) is 11.3. The predicted molar refractivity (Wildman–Crippen MR) is 62.6 cm³/mol. The highest BCUT2D eigenvalue weighted by Crippen LogP contribution is 2.08. The summed E-state index contributed by atoms with van der Waals surface area (Å²) in [5, 5.41) is 4.36. The minimum absolute atomic E-state index is 0.363. The lowest BCUT2D eigenvalue weighted by atomic mass is 10.2. The molecule has 0 aliphatic carbocycles. The largest absolute Gasteiger partial charge is 0.248 e. The van der Waals surface area contributed by atoms with E-state index in [0.29, 0.717) is 12.5 Å². The van der Waals surface area contributed by atoms with Crippen molar-refractivity contribution in [2.75, 3.05) is 0 Å². The maximum absolute atomic E-state index is 4.36. The Hall–Kier alpha value is -1.64. The van der Waals surface area contributed by atoms with Gasteiger partial charge in [-0.3, -0.25) is 0 Å². The molecule has 0 saturated carbocycles. The summed E-state index contributed by atoms with van der Waals surface area (Å²) in [5.41, 5.74) is 1.07. The molecule has 0 saturated heterocycles. The fraction of sp³-hybridized carbons (Fsp3) is 0.333. The zero-order valence-electron chi connectivity index (χ0n) is 9.35. The minimum atomic E-state index is 0.363. The van der Waals surface area contributed by atoms with Crippen molar-refractivity contribution in [3.8, 4) is 0 Å². The average molecular weight is 203 g/mol. The van der Waals surface area contributed by atoms with Crippen LogP contribution in [0.2, 0.25) is 0 Å². The lowest BCUT2D eigenvalue weighted by Crippen LogP contribution is -2.01. The van der Waals surface area contributed by atoms with E-state index in [1.165, 1.54) is 0 Å². The van der Waals surface area contributed by atoms with E-state index in [9.17, 15) is 0 Å². The summed E-state index contributed by atoms with van der Waals surface area (Å²) in [7, 11) is 0. The van der Waals surface area contributed by atoms with Gasteiger partial charge in [-0.2, -0.15) is 5.10 Å². The molecule has 3 nitrogen and oxygen atoms in total. The molecule has 0 fully saturated rings. The standard InChI is InChI=1S/C12H17N3/c1-5-7-11(6-2)8-15-9-13-12(14-15)10(3)4/h5-7,9-10H,1-2,8H2,3-4H3/b11-7+. The first-order valence-corrected chi connectivity index (χ1v) is 5.00. The molecule has 1 aromatic heterocycles. The van der Waals surface area contributed by atoms with Crippen LogP contribution in [0.1, 0.15) is 25.6 Å². The molecular weight excluding hydrogens is 186 g/mol. The van der Waals surface area contributed by atoms with Crippen molar-refractivity contribution in [3.63, 3.8) is 0 Å². The van der Waals surface area contributed by atoms with Crippen LogP contribution in [0.5, 0.6) is 0 Å². The summed E-state index contributed by atoms with van der Waals surface area (Å²) < 4.78 is 1.81. The monoisotopic (exact) mass is 203 g/mol. The van der Waals surface area contributed by atoms with Gasteiger partial charge in [0, 0.05) is 5.92 Å². The highest BCUT2D eigenvalue weighted by molar-refractivity contribution is 5.20. The number of hydrogen-bond donors (Lipinski definition) is 0. The lowest BCUT2D eigenvalue weighted by molar-refractivity contribution is 0.656. The second-order valence-electron chi connectivity index (χ2n) is 3.64. The van der Waals surface area contributed by atoms with E-state index in [1.807, 2.05) is 10.8 Å². The van der Waals surface area contributed by atoms with Crippen molar-refractivity contribution in [3.05, 3.63) is 49.1 Å². The number of rotatable bonds is 5. The van der Waals surface area contributed by atoms with Crippen LogP contribution in [-0.2, 0) is 6.54 Å². The highest BCUT2D eigenvalue weighted by atomic mass is 15.3. The molecule has 0 N–H and O–H groups in total. The van der Waals surface area contributed by atoms with Gasteiger partial charge in [0.05, 0.1) is 6.54 Å². The van der Waals surface area contributed by atoms with Gasteiger partial charge in [0.2, 0.25) is 0 Å². The van der Waals surface area contributed by atoms with E-state index in [2.05, 4.69) is 37.1 Å². The first-order valence-electron chi connectivity index (χ1n) is 5.00. The van der Waals surface area contributed by atoms with E-state index in [4.69, 9.17) is 0 Å². The summed E-state index contributed by atoms with van der Waals surface area (Å²) >= 11 is 0. The molecule has 0 spiro atoms. The summed E-state index contributed by atoms with van der Waals surface area (Å²) in [5.74, 6) is 1.24. The van der Waals surface area contributed by atoms with Crippen molar-refractivity contribution in [2.45, 2.75) is 26.3 Å². The third kappa shape index (κ3) is 3.20. The van der Waals surface area contributed by atoms with Gasteiger partial charge in [-0.1, -0.05) is 45.2 Å². The van der Waals surface area contributed by atoms with Crippen molar-refractivity contribution < 1.29 is 0 Å². The van der Waals surface area contributed by atoms with E-state index in [1.54, 1.807) is 18.5 Å². The highest BCUT2D eigenvalue weighted by Gasteiger charge is 2.05. The Balaban J connectivity index is 2.76. The second kappa shape index (κ2) is 5.29. The zero-order valence-corrected chi connectivity index (χ0v) is 9.35. The average Bonchev–Trinajstić information content (AvgIpc) is 2.65. The van der Waals surface area contributed by atoms with E-state index in [-0.39, 0.29) is 0 Å². The third-order valence-electron chi connectivity index (χ3n) is 2.01. The van der Waals surface area contributed by atoms with Crippen molar-refractivity contribution in [2.24, 2.45) is 0 Å². The van der Waals surface area contributed by atoms with Crippen LogP contribution in [0, 0.1) is 0 Å². The van der Waals surface area contributed by atoms with E-state index < -0.39 is 0 Å². The minimum Gasteiger partial charge on any atom is -0.248 e. The Bertz CT molecular complexity index is 372. The van der Waals surface area contributed by atoms with Crippen LogP contribution in [-0.4, -0.2) is 14.8 Å². The summed E-state index contributed by atoms with van der Waals surface area (Å²) in [4.78, 5) is 4.23. The molecular formula is C12H17N3. The van der Waals surface area contributed by atoms with Crippen LogP contribution in [0.4, 0.5) is 0 Å². The maximum Gasteiger partial charge on any atom is 0.153 e. The first-order chi connectivity index (χ1) is 7.17. The van der Waals surface area contributed by atoms with Crippen LogP contribution in [0.15, 0.2) is 43.3 Å². The van der Waals surface area contributed by atoms with Gasteiger partial charge in [0.15, 0.2) is 5.82 Å². The summed E-state index contributed by atoms with van der Waals surface area (Å²) in [6.45, 7) is 12.2. The van der Waals surface area contributed by atoms with Gasteiger partial charge >= 0.3 is 0 Å². The molecule has 0 unspecified atom stereocenters.